The van der Waals surface area contributed by atoms with Crippen molar-refractivity contribution in [2.45, 2.75) is 46.1 Å². The van der Waals surface area contributed by atoms with Gasteiger partial charge in [-0.05, 0) is 44.4 Å². The van der Waals surface area contributed by atoms with Crippen LogP contribution in [0, 0.1) is 12.7 Å². The number of aliphatic imine (C=N–C) groups is 1. The molecule has 1 aromatic rings. The second-order valence-electron chi connectivity index (χ2n) is 6.43. The highest BCUT2D eigenvalue weighted by Crippen LogP contribution is 2.16. The molecular weight excluding hydrogens is 462 g/mol. The summed E-state index contributed by atoms with van der Waals surface area (Å²) in [6.07, 6.45) is 1.47. The maximum Gasteiger partial charge on any atom is 0.229 e. The fraction of sp³-hybridized carbons (Fsp3) is 0.526. The van der Waals surface area contributed by atoms with Crippen LogP contribution in [-0.2, 0) is 9.59 Å². The average molecular weight is 490 g/mol. The molecular formula is C19H28FIN4O2. The molecule has 2 N–H and O–H groups in total. The molecule has 0 spiro atoms. The number of amides is 2. The third-order valence-electron chi connectivity index (χ3n) is 4.37. The number of hydrogen-bond donors (Lipinski definition) is 2. The molecule has 1 unspecified atom stereocenters. The van der Waals surface area contributed by atoms with Crippen molar-refractivity contribution < 1.29 is 14.0 Å². The van der Waals surface area contributed by atoms with Crippen molar-refractivity contribution in [3.8, 4) is 0 Å². The van der Waals surface area contributed by atoms with Crippen LogP contribution in [0.3, 0.4) is 0 Å². The number of nitrogens with zero attached hydrogens (tertiary/aromatic N) is 2. The topological polar surface area (TPSA) is 73.8 Å². The van der Waals surface area contributed by atoms with E-state index in [4.69, 9.17) is 0 Å². The molecule has 0 aromatic heterocycles. The predicted octanol–water partition coefficient (Wildman–Crippen LogP) is 2.91. The summed E-state index contributed by atoms with van der Waals surface area (Å²) < 4.78 is 13.8. The van der Waals surface area contributed by atoms with Crippen LogP contribution in [0.1, 0.15) is 50.3 Å². The molecule has 0 radical (unpaired) electrons. The summed E-state index contributed by atoms with van der Waals surface area (Å²) in [6.45, 7) is 6.87. The molecule has 2 amide bonds. The first-order valence-electron chi connectivity index (χ1n) is 9.06. The van der Waals surface area contributed by atoms with E-state index in [-0.39, 0.29) is 54.2 Å². The zero-order valence-corrected chi connectivity index (χ0v) is 18.4. The molecule has 1 aliphatic rings. The monoisotopic (exact) mass is 490 g/mol. The third kappa shape index (κ3) is 6.75. The van der Waals surface area contributed by atoms with Gasteiger partial charge in [0.1, 0.15) is 5.82 Å². The Morgan fingerprint density at radius 3 is 2.56 bits per heavy atom. The van der Waals surface area contributed by atoms with Gasteiger partial charge >= 0.3 is 0 Å². The lowest BCUT2D eigenvalue weighted by molar-refractivity contribution is -0.147. The molecule has 1 heterocycles. The molecule has 1 aromatic carbocycles. The van der Waals surface area contributed by atoms with Crippen LogP contribution in [-0.4, -0.2) is 42.3 Å². The number of carbonyl (C=O) groups excluding carboxylic acids is 2. The lowest BCUT2D eigenvalue weighted by Crippen LogP contribution is -2.42. The lowest BCUT2D eigenvalue weighted by Gasteiger charge is -2.24. The Morgan fingerprint density at radius 2 is 1.96 bits per heavy atom. The molecule has 1 fully saturated rings. The van der Waals surface area contributed by atoms with E-state index in [1.165, 1.54) is 11.0 Å². The van der Waals surface area contributed by atoms with E-state index in [2.05, 4.69) is 15.6 Å². The smallest absolute Gasteiger partial charge is 0.229 e. The first-order chi connectivity index (χ1) is 12.4. The number of imide groups is 1. The lowest BCUT2D eigenvalue weighted by atomic mass is 10.1. The predicted molar refractivity (Wildman–Crippen MR) is 115 cm³/mol. The summed E-state index contributed by atoms with van der Waals surface area (Å²) in [4.78, 5) is 29.4. The minimum Gasteiger partial charge on any atom is -0.357 e. The fourth-order valence-corrected chi connectivity index (χ4v) is 2.80. The van der Waals surface area contributed by atoms with E-state index in [9.17, 15) is 14.0 Å². The van der Waals surface area contributed by atoms with E-state index in [0.29, 0.717) is 43.9 Å². The number of carbonyl (C=O) groups is 2. The van der Waals surface area contributed by atoms with Crippen molar-refractivity contribution >= 4 is 41.8 Å². The van der Waals surface area contributed by atoms with Crippen LogP contribution >= 0.6 is 24.0 Å². The van der Waals surface area contributed by atoms with Crippen LogP contribution in [0.15, 0.2) is 23.2 Å². The van der Waals surface area contributed by atoms with Gasteiger partial charge in [-0.1, -0.05) is 12.1 Å². The average Bonchev–Trinajstić information content (AvgIpc) is 2.60. The maximum absolute atomic E-state index is 13.8. The van der Waals surface area contributed by atoms with Gasteiger partial charge in [0, 0.05) is 25.9 Å². The summed E-state index contributed by atoms with van der Waals surface area (Å²) in [6, 6.07) is 5.01. The number of guanidine groups is 1. The molecule has 1 atom stereocenters. The van der Waals surface area contributed by atoms with E-state index in [1.807, 2.05) is 19.9 Å². The first-order valence-corrected chi connectivity index (χ1v) is 9.06. The quantitative estimate of drug-likeness (QED) is 0.279. The Hall–Kier alpha value is -1.71. The normalized spacial score (nSPS) is 16.0. The van der Waals surface area contributed by atoms with Crippen molar-refractivity contribution in [2.75, 3.05) is 19.6 Å². The Bertz CT molecular complexity index is 680. The number of aryl methyl sites for hydroxylation is 1. The Morgan fingerprint density at radius 1 is 1.30 bits per heavy atom. The van der Waals surface area contributed by atoms with Crippen molar-refractivity contribution in [2.24, 2.45) is 4.99 Å². The van der Waals surface area contributed by atoms with Gasteiger partial charge in [-0.2, -0.15) is 0 Å². The van der Waals surface area contributed by atoms with Crippen LogP contribution < -0.4 is 10.6 Å². The summed E-state index contributed by atoms with van der Waals surface area (Å²) >= 11 is 0. The van der Waals surface area contributed by atoms with Gasteiger partial charge in [0.05, 0.1) is 12.6 Å². The zero-order chi connectivity index (χ0) is 19.1. The molecule has 1 aliphatic heterocycles. The first kappa shape index (κ1) is 23.3. The van der Waals surface area contributed by atoms with Gasteiger partial charge in [-0.3, -0.25) is 19.5 Å². The largest absolute Gasteiger partial charge is 0.357 e. The Kier molecular flexibility index (Phi) is 9.68. The molecule has 0 bridgehead atoms. The van der Waals surface area contributed by atoms with Gasteiger partial charge in [0.2, 0.25) is 11.8 Å². The highest BCUT2D eigenvalue weighted by Gasteiger charge is 2.25. The molecule has 2 rings (SSSR count). The van der Waals surface area contributed by atoms with E-state index in [0.717, 1.165) is 5.56 Å². The number of piperidine rings is 1. The minimum atomic E-state index is -0.236. The minimum absolute atomic E-state index is 0. The highest BCUT2D eigenvalue weighted by atomic mass is 127. The molecule has 27 heavy (non-hydrogen) atoms. The van der Waals surface area contributed by atoms with Crippen LogP contribution in [0.25, 0.3) is 0 Å². The Labute approximate surface area is 177 Å². The van der Waals surface area contributed by atoms with Crippen LogP contribution in [0.4, 0.5) is 4.39 Å². The molecule has 8 heteroatoms. The molecule has 150 valence electrons. The maximum atomic E-state index is 13.8. The van der Waals surface area contributed by atoms with Gasteiger partial charge < -0.3 is 10.6 Å². The highest BCUT2D eigenvalue weighted by molar-refractivity contribution is 14.0. The second kappa shape index (κ2) is 11.2. The number of rotatable bonds is 6. The zero-order valence-electron chi connectivity index (χ0n) is 16.0. The molecule has 6 nitrogen and oxygen atoms in total. The summed E-state index contributed by atoms with van der Waals surface area (Å²) in [7, 11) is 0. The summed E-state index contributed by atoms with van der Waals surface area (Å²) in [5.74, 6) is 0.0777. The number of hydrogen-bond acceptors (Lipinski definition) is 3. The van der Waals surface area contributed by atoms with Crippen molar-refractivity contribution in [3.63, 3.8) is 0 Å². The standard InChI is InChI=1S/C19H27FN4O2.HI/c1-4-21-19(22-10-11-24-17(25)6-5-7-18(24)26)23-14(3)15-9-8-13(2)16(20)12-15;/h8-9,12,14H,4-7,10-11H2,1-3H3,(H2,21,22,23);1H. The van der Waals surface area contributed by atoms with E-state index in [1.54, 1.807) is 13.0 Å². The van der Waals surface area contributed by atoms with Gasteiger partial charge in [0.15, 0.2) is 5.96 Å². The van der Waals surface area contributed by atoms with Gasteiger partial charge in [-0.15, -0.1) is 24.0 Å². The van der Waals surface area contributed by atoms with Gasteiger partial charge in [-0.25, -0.2) is 4.39 Å². The van der Waals surface area contributed by atoms with Crippen molar-refractivity contribution in [1.82, 2.24) is 15.5 Å². The van der Waals surface area contributed by atoms with Crippen molar-refractivity contribution in [1.29, 1.82) is 0 Å². The molecule has 0 aliphatic carbocycles. The molecule has 1 saturated heterocycles. The number of benzene rings is 1. The second-order valence-corrected chi connectivity index (χ2v) is 6.43. The van der Waals surface area contributed by atoms with Crippen LogP contribution in [0.2, 0.25) is 0 Å². The Balaban J connectivity index is 0.00000364. The third-order valence-corrected chi connectivity index (χ3v) is 4.37. The number of halogens is 2. The summed E-state index contributed by atoms with van der Waals surface area (Å²) in [5, 5.41) is 6.35. The number of nitrogens with one attached hydrogen (secondary N) is 2. The van der Waals surface area contributed by atoms with E-state index < -0.39 is 0 Å². The number of likely N-dealkylation sites (tertiary alicyclic amines) is 1. The van der Waals surface area contributed by atoms with Crippen LogP contribution in [0.5, 0.6) is 0 Å². The van der Waals surface area contributed by atoms with Gasteiger partial charge in [0.25, 0.3) is 0 Å². The fourth-order valence-electron chi connectivity index (χ4n) is 2.80. The summed E-state index contributed by atoms with van der Waals surface area (Å²) in [5.41, 5.74) is 1.43. The molecule has 0 saturated carbocycles. The SMILES string of the molecule is CCNC(=NCCN1C(=O)CCCC1=O)NC(C)c1ccc(C)c(F)c1.I. The van der Waals surface area contributed by atoms with E-state index >= 15 is 0 Å². The van der Waals surface area contributed by atoms with Crippen molar-refractivity contribution in [3.05, 3.63) is 35.1 Å².